The maximum atomic E-state index is 12.7. The van der Waals surface area contributed by atoms with E-state index in [4.69, 9.17) is 14.2 Å². The zero-order chi connectivity index (χ0) is 45.8. The van der Waals surface area contributed by atoms with Gasteiger partial charge in [-0.2, -0.15) is 0 Å². The average molecular weight is 871 g/mol. The van der Waals surface area contributed by atoms with Crippen molar-refractivity contribution in [1.29, 1.82) is 0 Å². The highest BCUT2D eigenvalue weighted by Crippen LogP contribution is 2.12. The summed E-state index contributed by atoms with van der Waals surface area (Å²) in [5, 5.41) is 0. The second-order valence-corrected chi connectivity index (χ2v) is 16.0. The van der Waals surface area contributed by atoms with E-state index in [2.05, 4.69) is 142 Å². The van der Waals surface area contributed by atoms with Crippen molar-refractivity contribution in [3.63, 3.8) is 0 Å². The Kier molecular flexibility index (Phi) is 47.1. The zero-order valence-corrected chi connectivity index (χ0v) is 40.3. The molecule has 0 aliphatic carbocycles. The molecule has 0 aromatic rings. The molecule has 0 spiro atoms. The van der Waals surface area contributed by atoms with Gasteiger partial charge in [0.1, 0.15) is 13.2 Å². The molecule has 6 heteroatoms. The molecule has 0 amide bonds. The molecule has 0 radical (unpaired) electrons. The Hall–Kier alpha value is -4.19. The first kappa shape index (κ1) is 58.8. The van der Waals surface area contributed by atoms with Crippen molar-refractivity contribution in [2.45, 2.75) is 207 Å². The Morgan fingerprint density at radius 2 is 0.651 bits per heavy atom. The van der Waals surface area contributed by atoms with Gasteiger partial charge in [-0.1, -0.05) is 200 Å². The molecule has 354 valence electrons. The second-order valence-electron chi connectivity index (χ2n) is 16.0. The fourth-order valence-corrected chi connectivity index (χ4v) is 6.19. The lowest BCUT2D eigenvalue weighted by atomic mass is 10.1. The molecule has 0 heterocycles. The number of allylic oxidation sites excluding steroid dienone is 20. The number of carbonyl (C=O) groups is 3. The number of rotatable bonds is 43. The summed E-state index contributed by atoms with van der Waals surface area (Å²) in [4.78, 5) is 37.5. The van der Waals surface area contributed by atoms with Gasteiger partial charge in [-0.15, -0.1) is 0 Å². The summed E-state index contributed by atoms with van der Waals surface area (Å²) in [5.41, 5.74) is 0. The zero-order valence-electron chi connectivity index (χ0n) is 40.3. The van der Waals surface area contributed by atoms with Crippen molar-refractivity contribution in [2.24, 2.45) is 0 Å². The van der Waals surface area contributed by atoms with Gasteiger partial charge >= 0.3 is 17.9 Å². The molecular weight excluding hydrogens is 781 g/mol. The first-order chi connectivity index (χ1) is 31.0. The van der Waals surface area contributed by atoms with Crippen LogP contribution in [-0.2, 0) is 28.6 Å². The molecule has 0 aromatic carbocycles. The van der Waals surface area contributed by atoms with Crippen LogP contribution >= 0.6 is 0 Å². The van der Waals surface area contributed by atoms with Crippen LogP contribution in [0.2, 0.25) is 0 Å². The van der Waals surface area contributed by atoms with Gasteiger partial charge in [0.25, 0.3) is 0 Å². The lowest BCUT2D eigenvalue weighted by Gasteiger charge is -2.18. The molecule has 0 aromatic heterocycles. The Balaban J connectivity index is 4.24. The quantitative estimate of drug-likeness (QED) is 0.0263. The van der Waals surface area contributed by atoms with Gasteiger partial charge in [0.05, 0.1) is 0 Å². The van der Waals surface area contributed by atoms with Crippen LogP contribution in [0.1, 0.15) is 201 Å². The van der Waals surface area contributed by atoms with E-state index in [0.717, 1.165) is 128 Å². The highest BCUT2D eigenvalue weighted by molar-refractivity contribution is 5.71. The third-order valence-electron chi connectivity index (χ3n) is 9.95. The van der Waals surface area contributed by atoms with E-state index >= 15 is 0 Å². The van der Waals surface area contributed by atoms with Gasteiger partial charge in [-0.05, 0) is 103 Å². The summed E-state index contributed by atoms with van der Waals surface area (Å²) in [7, 11) is 0. The van der Waals surface area contributed by atoms with Gasteiger partial charge < -0.3 is 14.2 Å². The largest absolute Gasteiger partial charge is 0.462 e. The Labute approximate surface area is 386 Å². The Morgan fingerprint density at radius 3 is 1.10 bits per heavy atom. The van der Waals surface area contributed by atoms with Gasteiger partial charge in [0.15, 0.2) is 6.10 Å². The van der Waals surface area contributed by atoms with Crippen molar-refractivity contribution in [2.75, 3.05) is 13.2 Å². The molecular formula is C57H90O6. The smallest absolute Gasteiger partial charge is 0.306 e. The first-order valence-electron chi connectivity index (χ1n) is 25.0. The third kappa shape index (κ3) is 48.7. The summed E-state index contributed by atoms with van der Waals surface area (Å²) in [6, 6.07) is 0. The molecule has 0 bridgehead atoms. The van der Waals surface area contributed by atoms with Crippen molar-refractivity contribution in [3.05, 3.63) is 122 Å². The van der Waals surface area contributed by atoms with Crippen molar-refractivity contribution in [3.8, 4) is 0 Å². The highest BCUT2D eigenvalue weighted by Gasteiger charge is 2.19. The minimum atomic E-state index is -0.803. The minimum absolute atomic E-state index is 0.103. The molecule has 63 heavy (non-hydrogen) atoms. The van der Waals surface area contributed by atoms with Crippen LogP contribution in [0.5, 0.6) is 0 Å². The van der Waals surface area contributed by atoms with Gasteiger partial charge in [0.2, 0.25) is 0 Å². The summed E-state index contributed by atoms with van der Waals surface area (Å²) in [6.45, 7) is 6.31. The number of hydrogen-bond donors (Lipinski definition) is 0. The van der Waals surface area contributed by atoms with Gasteiger partial charge in [-0.25, -0.2) is 0 Å². The predicted octanol–water partition coefficient (Wildman–Crippen LogP) is 16.5. The molecule has 0 fully saturated rings. The predicted molar refractivity (Wildman–Crippen MR) is 269 cm³/mol. The number of esters is 3. The van der Waals surface area contributed by atoms with Gasteiger partial charge in [-0.3, -0.25) is 14.4 Å². The Morgan fingerprint density at radius 1 is 0.333 bits per heavy atom. The maximum absolute atomic E-state index is 12.7. The van der Waals surface area contributed by atoms with Crippen molar-refractivity contribution in [1.82, 2.24) is 0 Å². The van der Waals surface area contributed by atoms with E-state index in [9.17, 15) is 14.4 Å². The van der Waals surface area contributed by atoms with Gasteiger partial charge in [0, 0.05) is 19.3 Å². The van der Waals surface area contributed by atoms with E-state index in [1.165, 1.54) is 25.7 Å². The fourth-order valence-electron chi connectivity index (χ4n) is 6.19. The fraction of sp³-hybridized carbons (Fsp3) is 0.596. The number of hydrogen-bond acceptors (Lipinski definition) is 6. The Bertz CT molecular complexity index is 1370. The molecule has 0 saturated carbocycles. The summed E-state index contributed by atoms with van der Waals surface area (Å²) >= 11 is 0. The molecule has 6 nitrogen and oxygen atoms in total. The molecule has 0 aliphatic rings. The lowest BCUT2D eigenvalue weighted by molar-refractivity contribution is -0.167. The topological polar surface area (TPSA) is 78.9 Å². The minimum Gasteiger partial charge on any atom is -0.462 e. The SMILES string of the molecule is CC/C=C\C/C=C\C/C=C\C/C=C\C/C=C\C/C=C\C/C=C\C/C=C\C/C=C\CCCC(=O)OCC(COC(=O)CCCCCCC)OC(=O)CCCCCCC/C=C\CCCC. The summed E-state index contributed by atoms with van der Waals surface area (Å²) in [5.74, 6) is -1.00. The van der Waals surface area contributed by atoms with E-state index in [-0.39, 0.29) is 37.5 Å². The number of carbonyl (C=O) groups excluding carboxylic acids is 3. The van der Waals surface area contributed by atoms with E-state index in [1.807, 2.05) is 0 Å². The van der Waals surface area contributed by atoms with Crippen molar-refractivity contribution >= 4 is 17.9 Å². The first-order valence-corrected chi connectivity index (χ1v) is 25.0. The van der Waals surface area contributed by atoms with E-state index in [0.29, 0.717) is 19.3 Å². The third-order valence-corrected chi connectivity index (χ3v) is 9.95. The number of unbranched alkanes of at least 4 members (excludes halogenated alkanes) is 12. The van der Waals surface area contributed by atoms with Crippen LogP contribution in [0, 0.1) is 0 Å². The summed E-state index contributed by atoms with van der Waals surface area (Å²) < 4.78 is 16.5. The highest BCUT2D eigenvalue weighted by atomic mass is 16.6. The van der Waals surface area contributed by atoms with Crippen LogP contribution in [0.15, 0.2) is 122 Å². The molecule has 0 saturated heterocycles. The lowest BCUT2D eigenvalue weighted by Crippen LogP contribution is -2.30. The average Bonchev–Trinajstić information content (AvgIpc) is 3.28. The molecule has 0 aliphatic heterocycles. The number of ether oxygens (including phenoxy) is 3. The normalized spacial score (nSPS) is 13.1. The van der Waals surface area contributed by atoms with Crippen LogP contribution in [-0.4, -0.2) is 37.2 Å². The van der Waals surface area contributed by atoms with Crippen LogP contribution < -0.4 is 0 Å². The molecule has 1 atom stereocenters. The van der Waals surface area contributed by atoms with E-state index in [1.54, 1.807) is 0 Å². The van der Waals surface area contributed by atoms with E-state index < -0.39 is 6.10 Å². The van der Waals surface area contributed by atoms with Crippen LogP contribution in [0.3, 0.4) is 0 Å². The monoisotopic (exact) mass is 871 g/mol. The summed E-state index contributed by atoms with van der Waals surface area (Å²) in [6.07, 6.45) is 69.5. The van der Waals surface area contributed by atoms with Crippen LogP contribution in [0.25, 0.3) is 0 Å². The molecule has 0 N–H and O–H groups in total. The standard InChI is InChI=1S/C57H90O6/c1-4-7-10-13-15-17-19-20-21-22-23-24-25-26-27-28-29-30-31-32-33-34-35-36-38-39-41-44-47-50-56(59)62-53-54(52-61-55(58)49-46-43-12-9-6-3)63-57(60)51-48-45-42-40-37-18-16-14-11-8-5-2/h7,10,14-17,20-21,23-24,26-27,29-30,32-33,35-36,39,41,54H,4-6,8-9,11-13,18-19,22,25,28,31,34,37-38,40,42-53H2,1-3H3/b10-7-,16-14-,17-15-,21-20-,24-23-,27-26-,30-29-,33-32-,36-35-,41-39-. The van der Waals surface area contributed by atoms with Crippen LogP contribution in [0.4, 0.5) is 0 Å². The maximum Gasteiger partial charge on any atom is 0.306 e. The second kappa shape index (κ2) is 50.5. The molecule has 1 unspecified atom stereocenters. The molecule has 0 rings (SSSR count). The van der Waals surface area contributed by atoms with Crippen molar-refractivity contribution < 1.29 is 28.6 Å².